The Morgan fingerprint density at radius 1 is 1.00 bits per heavy atom. The molecule has 0 saturated heterocycles. The highest BCUT2D eigenvalue weighted by Crippen LogP contribution is 2.39. The van der Waals surface area contributed by atoms with Crippen molar-refractivity contribution < 1.29 is 33.2 Å². The molecular formula is C31H34N2O8S. The number of benzene rings is 2. The van der Waals surface area contributed by atoms with Crippen LogP contribution in [0.4, 0.5) is 0 Å². The van der Waals surface area contributed by atoms with Crippen molar-refractivity contribution >= 4 is 23.4 Å². The zero-order chi connectivity index (χ0) is 30.4. The van der Waals surface area contributed by atoms with Crippen LogP contribution in [-0.4, -0.2) is 51.7 Å². The molecule has 222 valence electrons. The van der Waals surface area contributed by atoms with Gasteiger partial charge in [-0.1, -0.05) is 30.1 Å². The topological polar surface area (TPSA) is 107 Å². The number of nitrogens with zero attached hydrogens (tertiary/aromatic N) is 2. The van der Waals surface area contributed by atoms with Crippen molar-refractivity contribution in [3.63, 3.8) is 0 Å². The SMILES string of the molecule is C=CCOc1ccc([C@@H]2C(C(=O)OCC)=C(C)N=c3s/c(=C/c4cc(OC)c(OC)c(OC)c4)c(=O)n32)cc1OCC. The molecule has 4 rings (SSSR count). The summed E-state index contributed by atoms with van der Waals surface area (Å²) in [7, 11) is 4.58. The average Bonchev–Trinajstić information content (AvgIpc) is 3.29. The summed E-state index contributed by atoms with van der Waals surface area (Å²) in [5.41, 5.74) is 1.71. The quantitative estimate of drug-likeness (QED) is 0.230. The lowest BCUT2D eigenvalue weighted by atomic mass is 9.95. The van der Waals surface area contributed by atoms with Crippen molar-refractivity contribution in [2.45, 2.75) is 26.8 Å². The largest absolute Gasteiger partial charge is 0.493 e. The molecule has 0 fully saturated rings. The van der Waals surface area contributed by atoms with E-state index in [-0.39, 0.29) is 17.7 Å². The summed E-state index contributed by atoms with van der Waals surface area (Å²) in [6.07, 6.45) is 3.37. The Morgan fingerprint density at radius 3 is 2.31 bits per heavy atom. The average molecular weight is 595 g/mol. The molecule has 0 saturated carbocycles. The first kappa shape index (κ1) is 30.4. The highest BCUT2D eigenvalue weighted by molar-refractivity contribution is 7.07. The van der Waals surface area contributed by atoms with Gasteiger partial charge in [0.2, 0.25) is 5.75 Å². The summed E-state index contributed by atoms with van der Waals surface area (Å²) in [5.74, 6) is 1.81. The standard InChI is InChI=1S/C31H34N2O8S/c1-8-13-41-21-12-11-20(17-22(21)39-9-2)27-26(30(35)40-10-3)18(4)32-31-33(27)29(34)25(42-31)16-19-14-23(36-5)28(38-7)24(15-19)37-6/h8,11-12,14-17,27H,1,9-10,13H2,2-7H3/b25-16+/t27-/m1/s1. The second-order valence-corrected chi connectivity index (χ2v) is 10.0. The van der Waals surface area contributed by atoms with Crippen molar-refractivity contribution in [1.82, 2.24) is 4.57 Å². The van der Waals surface area contributed by atoms with E-state index in [2.05, 4.69) is 11.6 Å². The van der Waals surface area contributed by atoms with Gasteiger partial charge in [0.15, 0.2) is 27.8 Å². The molecule has 3 aromatic rings. The number of aromatic nitrogens is 1. The predicted molar refractivity (Wildman–Crippen MR) is 160 cm³/mol. The number of fused-ring (bicyclic) bond motifs is 1. The van der Waals surface area contributed by atoms with Gasteiger partial charge in [-0.2, -0.15) is 0 Å². The van der Waals surface area contributed by atoms with Gasteiger partial charge in [-0.05, 0) is 62.2 Å². The zero-order valence-electron chi connectivity index (χ0n) is 24.5. The number of allylic oxidation sites excluding steroid dienone is 1. The third-order valence-corrected chi connectivity index (χ3v) is 7.42. The van der Waals surface area contributed by atoms with Gasteiger partial charge in [0.05, 0.1) is 56.4 Å². The number of hydrogen-bond acceptors (Lipinski definition) is 10. The number of carbonyl (C=O) groups excluding carboxylic acids is 1. The molecule has 1 aliphatic heterocycles. The third-order valence-electron chi connectivity index (χ3n) is 6.44. The van der Waals surface area contributed by atoms with E-state index in [4.69, 9.17) is 28.4 Å². The number of thiazole rings is 1. The molecule has 0 unspecified atom stereocenters. The second-order valence-electron chi connectivity index (χ2n) is 9.00. The summed E-state index contributed by atoms with van der Waals surface area (Å²) in [4.78, 5) is 32.4. The normalized spacial score (nSPS) is 14.5. The molecule has 1 aromatic heterocycles. The van der Waals surface area contributed by atoms with Crippen LogP contribution >= 0.6 is 11.3 Å². The minimum Gasteiger partial charge on any atom is -0.493 e. The highest BCUT2D eigenvalue weighted by Gasteiger charge is 2.34. The third kappa shape index (κ3) is 5.91. The first-order valence-electron chi connectivity index (χ1n) is 13.3. The predicted octanol–water partition coefficient (Wildman–Crippen LogP) is 3.79. The van der Waals surface area contributed by atoms with Gasteiger partial charge in [-0.15, -0.1) is 0 Å². The Bertz CT molecular complexity index is 1680. The highest BCUT2D eigenvalue weighted by atomic mass is 32.1. The van der Waals surface area contributed by atoms with Crippen LogP contribution in [0.2, 0.25) is 0 Å². The van der Waals surface area contributed by atoms with Crippen LogP contribution in [0.5, 0.6) is 28.7 Å². The summed E-state index contributed by atoms with van der Waals surface area (Å²) in [6, 6.07) is 8.04. The molecule has 0 bridgehead atoms. The fraction of sp³-hybridized carbons (Fsp3) is 0.323. The van der Waals surface area contributed by atoms with Crippen LogP contribution in [-0.2, 0) is 9.53 Å². The van der Waals surface area contributed by atoms with Gasteiger partial charge in [-0.3, -0.25) is 9.36 Å². The molecule has 10 nitrogen and oxygen atoms in total. The van der Waals surface area contributed by atoms with E-state index < -0.39 is 12.0 Å². The minimum absolute atomic E-state index is 0.173. The van der Waals surface area contributed by atoms with Crippen LogP contribution < -0.4 is 38.6 Å². The van der Waals surface area contributed by atoms with Gasteiger partial charge in [0, 0.05) is 0 Å². The molecule has 11 heteroatoms. The Kier molecular flexibility index (Phi) is 9.74. The molecule has 1 aliphatic rings. The van der Waals surface area contributed by atoms with E-state index in [1.165, 1.54) is 37.2 Å². The van der Waals surface area contributed by atoms with E-state index in [1.807, 2.05) is 6.92 Å². The number of ether oxygens (including phenoxy) is 6. The number of rotatable bonds is 12. The Morgan fingerprint density at radius 2 is 1.71 bits per heavy atom. The summed E-state index contributed by atoms with van der Waals surface area (Å²) >= 11 is 1.21. The number of methoxy groups -OCH3 is 3. The molecule has 1 atom stereocenters. The van der Waals surface area contributed by atoms with Crippen molar-refractivity contribution in [3.05, 3.63) is 85.1 Å². The number of carbonyl (C=O) groups is 1. The molecule has 2 heterocycles. The lowest BCUT2D eigenvalue weighted by Gasteiger charge is -2.25. The molecular weight excluding hydrogens is 560 g/mol. The maximum atomic E-state index is 14.0. The van der Waals surface area contributed by atoms with Crippen molar-refractivity contribution in [3.8, 4) is 28.7 Å². The summed E-state index contributed by atoms with van der Waals surface area (Å²) in [6.45, 7) is 9.89. The maximum absolute atomic E-state index is 14.0. The maximum Gasteiger partial charge on any atom is 0.338 e. The van der Waals surface area contributed by atoms with Crippen LogP contribution in [0.15, 0.2) is 64.0 Å². The molecule has 0 aliphatic carbocycles. The monoisotopic (exact) mass is 594 g/mol. The molecule has 0 amide bonds. The molecule has 0 spiro atoms. The first-order valence-corrected chi connectivity index (χ1v) is 14.1. The van der Waals surface area contributed by atoms with E-state index in [0.29, 0.717) is 68.1 Å². The van der Waals surface area contributed by atoms with Crippen LogP contribution in [0.25, 0.3) is 6.08 Å². The fourth-order valence-electron chi connectivity index (χ4n) is 4.67. The van der Waals surface area contributed by atoms with Crippen molar-refractivity contribution in [1.29, 1.82) is 0 Å². The van der Waals surface area contributed by atoms with Gasteiger partial charge in [0.1, 0.15) is 6.61 Å². The summed E-state index contributed by atoms with van der Waals surface area (Å²) in [5, 5.41) is 0. The van der Waals surface area contributed by atoms with Crippen LogP contribution in [0, 0.1) is 0 Å². The molecule has 0 radical (unpaired) electrons. The second kappa shape index (κ2) is 13.4. The first-order chi connectivity index (χ1) is 20.3. The zero-order valence-corrected chi connectivity index (χ0v) is 25.3. The van der Waals surface area contributed by atoms with Crippen molar-refractivity contribution in [2.24, 2.45) is 4.99 Å². The smallest absolute Gasteiger partial charge is 0.338 e. The van der Waals surface area contributed by atoms with Crippen molar-refractivity contribution in [2.75, 3.05) is 41.2 Å². The van der Waals surface area contributed by atoms with Gasteiger partial charge < -0.3 is 28.4 Å². The van der Waals surface area contributed by atoms with Crippen LogP contribution in [0.3, 0.4) is 0 Å². The fourth-order valence-corrected chi connectivity index (χ4v) is 5.72. The lowest BCUT2D eigenvalue weighted by Crippen LogP contribution is -2.40. The Labute approximate surface area is 247 Å². The molecule has 42 heavy (non-hydrogen) atoms. The van der Waals surface area contributed by atoms with Gasteiger partial charge in [0.25, 0.3) is 5.56 Å². The lowest BCUT2D eigenvalue weighted by molar-refractivity contribution is -0.139. The van der Waals surface area contributed by atoms with Crippen LogP contribution in [0.1, 0.15) is 37.9 Å². The van der Waals surface area contributed by atoms with E-state index in [0.717, 1.165) is 0 Å². The van der Waals surface area contributed by atoms with Gasteiger partial charge >= 0.3 is 5.97 Å². The van der Waals surface area contributed by atoms with E-state index >= 15 is 0 Å². The summed E-state index contributed by atoms with van der Waals surface area (Å²) < 4.78 is 35.3. The van der Waals surface area contributed by atoms with E-state index in [1.54, 1.807) is 56.3 Å². The molecule has 0 N–H and O–H groups in total. The minimum atomic E-state index is -0.810. The molecule has 2 aromatic carbocycles. The van der Waals surface area contributed by atoms with E-state index in [9.17, 15) is 9.59 Å². The number of hydrogen-bond donors (Lipinski definition) is 0. The Hall–Kier alpha value is -4.51. The van der Waals surface area contributed by atoms with Gasteiger partial charge in [-0.25, -0.2) is 9.79 Å². The Balaban J connectivity index is 1.95. The number of esters is 1.